The molecule has 0 bridgehead atoms. The maximum Gasteiger partial charge on any atom is 0.433 e. The summed E-state index contributed by atoms with van der Waals surface area (Å²) in [4.78, 5) is 30.1. The minimum atomic E-state index is -4.71. The summed E-state index contributed by atoms with van der Waals surface area (Å²) in [7, 11) is 0. The number of alkyl halides is 3. The summed E-state index contributed by atoms with van der Waals surface area (Å²) in [6, 6.07) is 11.2. The Morgan fingerprint density at radius 3 is 2.36 bits per heavy atom. The van der Waals surface area contributed by atoms with E-state index in [9.17, 15) is 18.0 Å². The molecule has 0 saturated heterocycles. The third-order valence-electron chi connectivity index (χ3n) is 5.03. The Hall–Kier alpha value is -4.05. The Morgan fingerprint density at radius 2 is 1.64 bits per heavy atom. The van der Waals surface area contributed by atoms with Crippen LogP contribution in [0.5, 0.6) is 0 Å². The predicted octanol–water partition coefficient (Wildman–Crippen LogP) is 4.65. The fourth-order valence-corrected chi connectivity index (χ4v) is 3.64. The summed E-state index contributed by atoms with van der Waals surface area (Å²) in [5.41, 5.74) is 5.45. The van der Waals surface area contributed by atoms with E-state index in [1.54, 1.807) is 12.1 Å². The summed E-state index contributed by atoms with van der Waals surface area (Å²) in [5, 5.41) is 0.555. The monoisotopic (exact) mass is 468 g/mol. The SMILES string of the molecule is Nc1c(-c2ccc3nccnc3n2)c(=O)n(-c2ccc(Cl)cc2)c2nc(C(F)(F)F)ccc12. The van der Waals surface area contributed by atoms with Gasteiger partial charge in [0.1, 0.15) is 16.9 Å². The zero-order valence-electron chi connectivity index (χ0n) is 16.5. The highest BCUT2D eigenvalue weighted by Crippen LogP contribution is 2.34. The fourth-order valence-electron chi connectivity index (χ4n) is 3.52. The van der Waals surface area contributed by atoms with E-state index in [0.29, 0.717) is 10.5 Å². The minimum Gasteiger partial charge on any atom is -0.397 e. The number of fused-ring (bicyclic) bond motifs is 2. The zero-order chi connectivity index (χ0) is 23.3. The smallest absolute Gasteiger partial charge is 0.397 e. The van der Waals surface area contributed by atoms with Gasteiger partial charge in [0.25, 0.3) is 5.56 Å². The first-order chi connectivity index (χ1) is 15.7. The van der Waals surface area contributed by atoms with Crippen LogP contribution in [0.2, 0.25) is 5.02 Å². The molecule has 0 aliphatic heterocycles. The second kappa shape index (κ2) is 7.52. The molecule has 7 nitrogen and oxygen atoms in total. The fraction of sp³-hybridized carbons (Fsp3) is 0.0455. The van der Waals surface area contributed by atoms with Crippen molar-refractivity contribution >= 4 is 39.5 Å². The number of rotatable bonds is 2. The average molecular weight is 469 g/mol. The van der Waals surface area contributed by atoms with Crippen LogP contribution in [-0.2, 0) is 6.18 Å². The summed E-state index contributed by atoms with van der Waals surface area (Å²) >= 11 is 5.96. The number of nitrogens with two attached hydrogens (primary N) is 1. The molecule has 5 rings (SSSR count). The highest BCUT2D eigenvalue weighted by Gasteiger charge is 2.33. The lowest BCUT2D eigenvalue weighted by Crippen LogP contribution is -2.24. The van der Waals surface area contributed by atoms with Crippen molar-refractivity contribution in [1.29, 1.82) is 0 Å². The lowest BCUT2D eigenvalue weighted by molar-refractivity contribution is -0.141. The number of pyridine rings is 3. The van der Waals surface area contributed by atoms with Gasteiger partial charge in [0.2, 0.25) is 0 Å². The molecular weight excluding hydrogens is 457 g/mol. The van der Waals surface area contributed by atoms with E-state index in [4.69, 9.17) is 17.3 Å². The standard InChI is InChI=1S/C22H12ClF3N6O/c23-11-1-3-12(4-2-11)32-20-13(5-8-16(31-20)22(24,25)26)18(27)17(21(32)33)14-6-7-15-19(30-14)29-10-9-28-15/h1-10H,27H2. The molecular formula is C22H12ClF3N6O. The summed E-state index contributed by atoms with van der Waals surface area (Å²) in [6.45, 7) is 0. The molecule has 164 valence electrons. The Labute approximate surface area is 188 Å². The number of halogens is 4. The maximum absolute atomic E-state index is 13.6. The quantitative estimate of drug-likeness (QED) is 0.405. The first-order valence-electron chi connectivity index (χ1n) is 9.50. The van der Waals surface area contributed by atoms with Crippen LogP contribution in [0.4, 0.5) is 18.9 Å². The molecule has 33 heavy (non-hydrogen) atoms. The third kappa shape index (κ3) is 3.54. The Balaban J connectivity index is 1.89. The minimum absolute atomic E-state index is 0.00608. The summed E-state index contributed by atoms with van der Waals surface area (Å²) in [5.74, 6) is 0. The van der Waals surface area contributed by atoms with Gasteiger partial charge >= 0.3 is 6.18 Å². The van der Waals surface area contributed by atoms with Crippen LogP contribution in [0.25, 0.3) is 39.1 Å². The molecule has 4 aromatic heterocycles. The van der Waals surface area contributed by atoms with Crippen molar-refractivity contribution in [1.82, 2.24) is 24.5 Å². The van der Waals surface area contributed by atoms with E-state index < -0.39 is 17.4 Å². The first kappa shape index (κ1) is 20.8. The number of nitrogen functional groups attached to an aromatic ring is 1. The van der Waals surface area contributed by atoms with Gasteiger partial charge in [0, 0.05) is 22.8 Å². The molecule has 0 radical (unpaired) electrons. The second-order valence-corrected chi connectivity index (χ2v) is 7.50. The van der Waals surface area contributed by atoms with Gasteiger partial charge < -0.3 is 5.73 Å². The van der Waals surface area contributed by atoms with Crippen molar-refractivity contribution in [3.05, 3.63) is 82.0 Å². The van der Waals surface area contributed by atoms with Crippen LogP contribution in [0.3, 0.4) is 0 Å². The van der Waals surface area contributed by atoms with E-state index in [2.05, 4.69) is 19.9 Å². The van der Waals surface area contributed by atoms with Gasteiger partial charge in [-0.3, -0.25) is 14.3 Å². The van der Waals surface area contributed by atoms with Crippen LogP contribution < -0.4 is 11.3 Å². The maximum atomic E-state index is 13.6. The van der Waals surface area contributed by atoms with Crippen molar-refractivity contribution < 1.29 is 13.2 Å². The summed E-state index contributed by atoms with van der Waals surface area (Å²) < 4.78 is 41.2. The number of hydrogen-bond acceptors (Lipinski definition) is 6. The number of hydrogen-bond donors (Lipinski definition) is 1. The molecule has 11 heteroatoms. The number of aromatic nitrogens is 5. The predicted molar refractivity (Wildman–Crippen MR) is 118 cm³/mol. The van der Waals surface area contributed by atoms with Crippen molar-refractivity contribution in [3.63, 3.8) is 0 Å². The van der Waals surface area contributed by atoms with Gasteiger partial charge in [-0.05, 0) is 48.5 Å². The molecule has 0 fully saturated rings. The highest BCUT2D eigenvalue weighted by atomic mass is 35.5. The van der Waals surface area contributed by atoms with E-state index in [-0.39, 0.29) is 39.3 Å². The third-order valence-corrected chi connectivity index (χ3v) is 5.28. The van der Waals surface area contributed by atoms with Crippen molar-refractivity contribution in [3.8, 4) is 16.9 Å². The molecule has 0 aliphatic carbocycles. The molecule has 0 atom stereocenters. The average Bonchev–Trinajstić information content (AvgIpc) is 2.79. The highest BCUT2D eigenvalue weighted by molar-refractivity contribution is 6.30. The van der Waals surface area contributed by atoms with Crippen LogP contribution in [-0.4, -0.2) is 24.5 Å². The zero-order valence-corrected chi connectivity index (χ0v) is 17.3. The normalized spacial score (nSPS) is 11.9. The molecule has 2 N–H and O–H groups in total. The summed E-state index contributed by atoms with van der Waals surface area (Å²) in [6.07, 6.45) is -1.75. The Morgan fingerprint density at radius 1 is 0.909 bits per heavy atom. The van der Waals surface area contributed by atoms with E-state index in [1.807, 2.05) is 0 Å². The van der Waals surface area contributed by atoms with E-state index >= 15 is 0 Å². The van der Waals surface area contributed by atoms with Gasteiger partial charge in [-0.15, -0.1) is 0 Å². The largest absolute Gasteiger partial charge is 0.433 e. The Bertz CT molecular complexity index is 1600. The van der Waals surface area contributed by atoms with Crippen LogP contribution in [0, 0.1) is 0 Å². The van der Waals surface area contributed by atoms with Crippen LogP contribution >= 0.6 is 11.6 Å². The number of anilines is 1. The lowest BCUT2D eigenvalue weighted by Gasteiger charge is -2.16. The van der Waals surface area contributed by atoms with Gasteiger partial charge in [-0.25, -0.2) is 15.0 Å². The molecule has 0 unspecified atom stereocenters. The molecule has 0 saturated carbocycles. The van der Waals surface area contributed by atoms with Gasteiger partial charge in [0.15, 0.2) is 5.65 Å². The molecule has 5 aromatic rings. The number of benzene rings is 1. The first-order valence-corrected chi connectivity index (χ1v) is 9.88. The van der Waals surface area contributed by atoms with Gasteiger partial charge in [-0.2, -0.15) is 13.2 Å². The van der Waals surface area contributed by atoms with E-state index in [1.165, 1.54) is 42.7 Å². The number of nitrogens with zero attached hydrogens (tertiary/aromatic N) is 5. The second-order valence-electron chi connectivity index (χ2n) is 7.07. The van der Waals surface area contributed by atoms with E-state index in [0.717, 1.165) is 10.6 Å². The van der Waals surface area contributed by atoms with Crippen molar-refractivity contribution in [2.24, 2.45) is 0 Å². The lowest BCUT2D eigenvalue weighted by atomic mass is 10.1. The van der Waals surface area contributed by atoms with Crippen LogP contribution in [0.1, 0.15) is 5.69 Å². The molecule has 0 amide bonds. The van der Waals surface area contributed by atoms with Crippen molar-refractivity contribution in [2.45, 2.75) is 6.18 Å². The topological polar surface area (TPSA) is 99.6 Å². The molecule has 4 heterocycles. The van der Waals surface area contributed by atoms with Gasteiger partial charge in [-0.1, -0.05) is 11.6 Å². The molecule has 1 aromatic carbocycles. The van der Waals surface area contributed by atoms with Crippen molar-refractivity contribution in [2.75, 3.05) is 5.73 Å². The molecule has 0 aliphatic rings. The van der Waals surface area contributed by atoms with Gasteiger partial charge in [0.05, 0.1) is 22.6 Å². The van der Waals surface area contributed by atoms with Crippen LogP contribution in [0.15, 0.2) is 65.7 Å². The Kier molecular flexibility index (Phi) is 4.75. The molecule has 0 spiro atoms.